The van der Waals surface area contributed by atoms with E-state index in [9.17, 15) is 14.4 Å². The summed E-state index contributed by atoms with van der Waals surface area (Å²) in [7, 11) is 0. The first-order chi connectivity index (χ1) is 9.04. The van der Waals surface area contributed by atoms with Crippen molar-refractivity contribution in [3.05, 3.63) is 29.6 Å². The molecule has 2 amide bonds. The Morgan fingerprint density at radius 1 is 1.26 bits per heavy atom. The number of pyridine rings is 1. The van der Waals surface area contributed by atoms with Gasteiger partial charge in [0.05, 0.1) is 12.1 Å². The minimum absolute atomic E-state index is 0.00256. The standard InChI is InChI=1S/C12H15N3O4/c1-2-5-13-10(16)7-15-11(17)9-4-3-8(6-14-9)12(18)19/h3-4,6H,2,5,7H2,1H3,(H,13,16)(H,15,17)(H,18,19). The number of hydrogen-bond acceptors (Lipinski definition) is 4. The van der Waals surface area contributed by atoms with Crippen LogP contribution in [0.5, 0.6) is 0 Å². The van der Waals surface area contributed by atoms with E-state index in [1.807, 2.05) is 6.92 Å². The minimum atomic E-state index is -1.11. The molecule has 7 nitrogen and oxygen atoms in total. The van der Waals surface area contributed by atoms with Gasteiger partial charge in [0.25, 0.3) is 5.91 Å². The molecule has 0 aliphatic rings. The van der Waals surface area contributed by atoms with Gasteiger partial charge in [0.15, 0.2) is 0 Å². The van der Waals surface area contributed by atoms with Crippen LogP contribution in [0.2, 0.25) is 0 Å². The Bertz CT molecular complexity index is 470. The van der Waals surface area contributed by atoms with Crippen LogP contribution in [-0.2, 0) is 4.79 Å². The van der Waals surface area contributed by atoms with Crippen molar-refractivity contribution in [3.8, 4) is 0 Å². The fraction of sp³-hybridized carbons (Fsp3) is 0.333. The van der Waals surface area contributed by atoms with Crippen LogP contribution in [-0.4, -0.2) is 41.0 Å². The molecule has 0 fully saturated rings. The Morgan fingerprint density at radius 2 is 2.00 bits per heavy atom. The molecule has 1 heterocycles. The van der Waals surface area contributed by atoms with E-state index in [1.54, 1.807) is 0 Å². The van der Waals surface area contributed by atoms with Crippen LogP contribution in [0.3, 0.4) is 0 Å². The molecule has 0 saturated carbocycles. The predicted molar refractivity (Wildman–Crippen MR) is 66.8 cm³/mol. The molecular weight excluding hydrogens is 250 g/mol. The Morgan fingerprint density at radius 3 is 2.53 bits per heavy atom. The monoisotopic (exact) mass is 265 g/mol. The van der Waals surface area contributed by atoms with Crippen molar-refractivity contribution in [3.63, 3.8) is 0 Å². The number of nitrogens with zero attached hydrogens (tertiary/aromatic N) is 1. The number of aromatic nitrogens is 1. The van der Waals surface area contributed by atoms with Crippen LogP contribution in [0.1, 0.15) is 34.2 Å². The van der Waals surface area contributed by atoms with E-state index < -0.39 is 11.9 Å². The molecule has 0 bridgehead atoms. The molecule has 0 saturated heterocycles. The summed E-state index contributed by atoms with van der Waals surface area (Å²) < 4.78 is 0. The van der Waals surface area contributed by atoms with Crippen molar-refractivity contribution in [2.75, 3.05) is 13.1 Å². The smallest absolute Gasteiger partial charge is 0.337 e. The lowest BCUT2D eigenvalue weighted by atomic mass is 10.2. The number of hydrogen-bond donors (Lipinski definition) is 3. The topological polar surface area (TPSA) is 108 Å². The van der Waals surface area contributed by atoms with Crippen molar-refractivity contribution >= 4 is 17.8 Å². The highest BCUT2D eigenvalue weighted by Crippen LogP contribution is 2.00. The first kappa shape index (κ1) is 14.6. The average molecular weight is 265 g/mol. The van der Waals surface area contributed by atoms with Crippen molar-refractivity contribution in [1.82, 2.24) is 15.6 Å². The summed E-state index contributed by atoms with van der Waals surface area (Å²) in [5.74, 6) is -1.92. The van der Waals surface area contributed by atoms with Crippen LogP contribution >= 0.6 is 0 Å². The van der Waals surface area contributed by atoms with E-state index in [1.165, 1.54) is 12.1 Å². The second kappa shape index (κ2) is 7.10. The summed E-state index contributed by atoms with van der Waals surface area (Å²) in [6.07, 6.45) is 1.91. The molecule has 19 heavy (non-hydrogen) atoms. The van der Waals surface area contributed by atoms with E-state index in [0.29, 0.717) is 6.54 Å². The Hall–Kier alpha value is -2.44. The number of amides is 2. The van der Waals surface area contributed by atoms with E-state index >= 15 is 0 Å². The van der Waals surface area contributed by atoms with Crippen LogP contribution in [0.4, 0.5) is 0 Å². The molecule has 0 aliphatic carbocycles. The van der Waals surface area contributed by atoms with Crippen molar-refractivity contribution in [2.45, 2.75) is 13.3 Å². The normalized spacial score (nSPS) is 9.74. The van der Waals surface area contributed by atoms with Crippen molar-refractivity contribution in [1.29, 1.82) is 0 Å². The molecule has 0 aromatic carbocycles. The maximum Gasteiger partial charge on any atom is 0.337 e. The third-order valence-electron chi connectivity index (χ3n) is 2.22. The number of carboxylic acid groups (broad SMARTS) is 1. The third-order valence-corrected chi connectivity index (χ3v) is 2.22. The summed E-state index contributed by atoms with van der Waals surface area (Å²) in [5, 5.41) is 13.7. The Labute approximate surface area is 110 Å². The zero-order valence-corrected chi connectivity index (χ0v) is 10.5. The molecule has 0 atom stereocenters. The van der Waals surface area contributed by atoms with Gasteiger partial charge in [-0.1, -0.05) is 6.92 Å². The molecule has 102 valence electrons. The van der Waals surface area contributed by atoms with Crippen LogP contribution < -0.4 is 10.6 Å². The van der Waals surface area contributed by atoms with Gasteiger partial charge in [-0.15, -0.1) is 0 Å². The van der Waals surface area contributed by atoms with Crippen LogP contribution in [0.25, 0.3) is 0 Å². The summed E-state index contributed by atoms with van der Waals surface area (Å²) in [5.41, 5.74) is 0.0607. The highest BCUT2D eigenvalue weighted by molar-refractivity contribution is 5.95. The maximum atomic E-state index is 11.6. The van der Waals surface area contributed by atoms with Crippen LogP contribution in [0, 0.1) is 0 Å². The summed E-state index contributed by atoms with van der Waals surface area (Å²) in [6.45, 7) is 2.34. The lowest BCUT2D eigenvalue weighted by molar-refractivity contribution is -0.120. The molecule has 7 heteroatoms. The average Bonchev–Trinajstić information content (AvgIpc) is 2.42. The first-order valence-corrected chi connectivity index (χ1v) is 5.78. The van der Waals surface area contributed by atoms with Crippen molar-refractivity contribution < 1.29 is 19.5 Å². The van der Waals surface area contributed by atoms with Gasteiger partial charge in [0.2, 0.25) is 5.91 Å². The molecule has 0 radical (unpaired) electrons. The number of carboxylic acids is 1. The fourth-order valence-corrected chi connectivity index (χ4v) is 1.23. The van der Waals surface area contributed by atoms with Crippen molar-refractivity contribution in [2.24, 2.45) is 0 Å². The molecule has 1 aromatic rings. The summed E-state index contributed by atoms with van der Waals surface area (Å²) in [4.78, 5) is 37.2. The zero-order valence-electron chi connectivity index (χ0n) is 10.5. The van der Waals surface area contributed by atoms with Gasteiger partial charge >= 0.3 is 5.97 Å². The second-order valence-electron chi connectivity index (χ2n) is 3.77. The lowest BCUT2D eigenvalue weighted by Crippen LogP contribution is -2.37. The lowest BCUT2D eigenvalue weighted by Gasteiger charge is -2.05. The fourth-order valence-electron chi connectivity index (χ4n) is 1.23. The molecule has 0 aliphatic heterocycles. The van der Waals surface area contributed by atoms with E-state index in [0.717, 1.165) is 12.6 Å². The van der Waals surface area contributed by atoms with Gasteiger partial charge < -0.3 is 15.7 Å². The van der Waals surface area contributed by atoms with Gasteiger partial charge in [-0.3, -0.25) is 14.6 Å². The molecule has 3 N–H and O–H groups in total. The van der Waals surface area contributed by atoms with Gasteiger partial charge in [0.1, 0.15) is 5.69 Å². The molecule has 0 spiro atoms. The van der Waals surface area contributed by atoms with E-state index in [4.69, 9.17) is 5.11 Å². The van der Waals surface area contributed by atoms with Gasteiger partial charge in [0, 0.05) is 12.7 Å². The predicted octanol–water partition coefficient (Wildman–Crippen LogP) is 0.0358. The molecular formula is C12H15N3O4. The first-order valence-electron chi connectivity index (χ1n) is 5.78. The number of carbonyl (C=O) groups excluding carboxylic acids is 2. The van der Waals surface area contributed by atoms with Gasteiger partial charge in [-0.2, -0.15) is 0 Å². The Kier molecular flexibility index (Phi) is 5.46. The van der Waals surface area contributed by atoms with Gasteiger partial charge in [-0.05, 0) is 18.6 Å². The highest BCUT2D eigenvalue weighted by Gasteiger charge is 2.10. The number of aromatic carboxylic acids is 1. The van der Waals surface area contributed by atoms with E-state index in [2.05, 4.69) is 15.6 Å². The molecule has 1 aromatic heterocycles. The Balaban J connectivity index is 2.49. The van der Waals surface area contributed by atoms with E-state index in [-0.39, 0.29) is 23.7 Å². The summed E-state index contributed by atoms with van der Waals surface area (Å²) >= 11 is 0. The van der Waals surface area contributed by atoms with Crippen LogP contribution in [0.15, 0.2) is 18.3 Å². The highest BCUT2D eigenvalue weighted by atomic mass is 16.4. The van der Waals surface area contributed by atoms with Gasteiger partial charge in [-0.25, -0.2) is 4.79 Å². The number of nitrogens with one attached hydrogen (secondary N) is 2. The number of carbonyl (C=O) groups is 3. The maximum absolute atomic E-state index is 11.6. The SMILES string of the molecule is CCCNC(=O)CNC(=O)c1ccc(C(=O)O)cn1. The largest absolute Gasteiger partial charge is 0.478 e. The third kappa shape index (κ3) is 4.74. The number of rotatable bonds is 6. The zero-order chi connectivity index (χ0) is 14.3. The minimum Gasteiger partial charge on any atom is -0.478 e. The quantitative estimate of drug-likeness (QED) is 0.672. The molecule has 1 rings (SSSR count). The molecule has 0 unspecified atom stereocenters. The summed E-state index contributed by atoms with van der Waals surface area (Å²) in [6, 6.07) is 2.57. The second-order valence-corrected chi connectivity index (χ2v) is 3.77.